The van der Waals surface area contributed by atoms with E-state index in [4.69, 9.17) is 0 Å². The number of hydrogen-bond donors (Lipinski definition) is 1. The molecule has 1 heterocycles. The molecule has 0 radical (unpaired) electrons. The van der Waals surface area contributed by atoms with Crippen molar-refractivity contribution in [3.8, 4) is 0 Å². The Morgan fingerprint density at radius 2 is 2.07 bits per heavy atom. The van der Waals surface area contributed by atoms with Gasteiger partial charge in [0.25, 0.3) is 0 Å². The number of nitrogens with zero attached hydrogens (tertiary/aromatic N) is 2. The van der Waals surface area contributed by atoms with Gasteiger partial charge in [-0.3, -0.25) is 4.68 Å². The Balaban J connectivity index is 2.86. The third kappa shape index (κ3) is 3.06. The summed E-state index contributed by atoms with van der Waals surface area (Å²) in [5, 5.41) is 7.77. The van der Waals surface area contributed by atoms with E-state index in [2.05, 4.69) is 44.2 Å². The Bertz CT molecular complexity index is 320. The van der Waals surface area contributed by atoms with E-state index in [0.717, 1.165) is 6.42 Å². The van der Waals surface area contributed by atoms with Gasteiger partial charge < -0.3 is 5.32 Å². The maximum absolute atomic E-state index is 4.54. The van der Waals surface area contributed by atoms with Crippen LogP contribution in [-0.4, -0.2) is 22.9 Å². The van der Waals surface area contributed by atoms with Crippen LogP contribution < -0.4 is 5.32 Å². The highest BCUT2D eigenvalue weighted by Gasteiger charge is 2.19. The van der Waals surface area contributed by atoms with Gasteiger partial charge in [0, 0.05) is 30.6 Å². The van der Waals surface area contributed by atoms with Gasteiger partial charge in [0.15, 0.2) is 0 Å². The Kier molecular flexibility index (Phi) is 3.55. The molecule has 0 aliphatic rings. The minimum atomic E-state index is 0.170. The van der Waals surface area contributed by atoms with Crippen LogP contribution in [-0.2, 0) is 18.9 Å². The molecule has 1 aromatic rings. The summed E-state index contributed by atoms with van der Waals surface area (Å²) in [5.41, 5.74) is 2.63. The van der Waals surface area contributed by atoms with Crippen LogP contribution in [0.4, 0.5) is 0 Å². The normalized spacial score (nSPS) is 14.3. The van der Waals surface area contributed by atoms with Crippen LogP contribution in [0, 0.1) is 0 Å². The Morgan fingerprint density at radius 3 is 2.47 bits per heavy atom. The van der Waals surface area contributed by atoms with Crippen molar-refractivity contribution in [3.63, 3.8) is 0 Å². The maximum atomic E-state index is 4.54. The number of nitrogens with one attached hydrogen (secondary N) is 1. The standard InChI is InChI=1S/C12H23N3/c1-9(13-5)7-10-8-11(12(2,3)4)15(6)14-10/h8-9,13H,7H2,1-6H3. The summed E-state index contributed by atoms with van der Waals surface area (Å²) in [6, 6.07) is 2.70. The largest absolute Gasteiger partial charge is 0.317 e. The van der Waals surface area contributed by atoms with E-state index in [1.54, 1.807) is 0 Å². The number of likely N-dealkylation sites (N-methyl/N-ethyl adjacent to an activating group) is 1. The number of rotatable bonds is 3. The second kappa shape index (κ2) is 4.35. The topological polar surface area (TPSA) is 29.9 Å². The highest BCUT2D eigenvalue weighted by molar-refractivity contribution is 5.18. The predicted molar refractivity (Wildman–Crippen MR) is 64.1 cm³/mol. The lowest BCUT2D eigenvalue weighted by molar-refractivity contribution is 0.521. The zero-order chi connectivity index (χ0) is 11.6. The summed E-state index contributed by atoms with van der Waals surface area (Å²) in [6.45, 7) is 8.82. The zero-order valence-electron chi connectivity index (χ0n) is 10.8. The molecule has 1 atom stereocenters. The fraction of sp³-hybridized carbons (Fsp3) is 0.750. The minimum Gasteiger partial charge on any atom is -0.317 e. The molecule has 0 aliphatic carbocycles. The first kappa shape index (κ1) is 12.2. The molecule has 1 unspecified atom stereocenters. The molecule has 1 aromatic heterocycles. The van der Waals surface area contributed by atoms with Crippen molar-refractivity contribution < 1.29 is 0 Å². The fourth-order valence-corrected chi connectivity index (χ4v) is 1.74. The van der Waals surface area contributed by atoms with Crippen molar-refractivity contribution in [3.05, 3.63) is 17.5 Å². The van der Waals surface area contributed by atoms with Gasteiger partial charge >= 0.3 is 0 Å². The molecule has 0 saturated carbocycles. The molecule has 1 N–H and O–H groups in total. The second-order valence-electron chi connectivity index (χ2n) is 5.29. The molecule has 0 aromatic carbocycles. The molecular formula is C12H23N3. The predicted octanol–water partition coefficient (Wildman–Crippen LogP) is 1.87. The van der Waals surface area contributed by atoms with Gasteiger partial charge in [-0.25, -0.2) is 0 Å². The first-order chi connectivity index (χ1) is 6.84. The van der Waals surface area contributed by atoms with Crippen LogP contribution in [0.3, 0.4) is 0 Å². The van der Waals surface area contributed by atoms with Crippen LogP contribution >= 0.6 is 0 Å². The van der Waals surface area contributed by atoms with Gasteiger partial charge in [0.05, 0.1) is 5.69 Å². The molecular weight excluding hydrogens is 186 g/mol. The van der Waals surface area contributed by atoms with Crippen molar-refractivity contribution in [2.45, 2.75) is 45.6 Å². The molecule has 0 saturated heterocycles. The van der Waals surface area contributed by atoms with Crippen molar-refractivity contribution in [2.24, 2.45) is 7.05 Å². The maximum Gasteiger partial charge on any atom is 0.0643 e. The van der Waals surface area contributed by atoms with Crippen molar-refractivity contribution in [1.29, 1.82) is 0 Å². The zero-order valence-corrected chi connectivity index (χ0v) is 10.8. The number of aromatic nitrogens is 2. The number of hydrogen-bond acceptors (Lipinski definition) is 2. The van der Waals surface area contributed by atoms with Gasteiger partial charge in [-0.15, -0.1) is 0 Å². The highest BCUT2D eigenvalue weighted by atomic mass is 15.3. The number of aryl methyl sites for hydroxylation is 1. The third-order valence-electron chi connectivity index (χ3n) is 2.71. The van der Waals surface area contributed by atoms with Gasteiger partial charge in [-0.2, -0.15) is 5.10 Å². The Labute approximate surface area is 92.9 Å². The van der Waals surface area contributed by atoms with E-state index in [0.29, 0.717) is 6.04 Å². The molecule has 0 amide bonds. The fourth-order valence-electron chi connectivity index (χ4n) is 1.74. The van der Waals surface area contributed by atoms with E-state index >= 15 is 0 Å². The summed E-state index contributed by atoms with van der Waals surface area (Å²) < 4.78 is 2.00. The SMILES string of the molecule is CNC(C)Cc1cc(C(C)(C)C)n(C)n1. The quantitative estimate of drug-likeness (QED) is 0.823. The third-order valence-corrected chi connectivity index (χ3v) is 2.71. The van der Waals surface area contributed by atoms with Crippen LogP contribution in [0.2, 0.25) is 0 Å². The molecule has 0 fully saturated rings. The summed E-state index contributed by atoms with van der Waals surface area (Å²) in [5.74, 6) is 0. The van der Waals surface area contributed by atoms with Crippen LogP contribution in [0.5, 0.6) is 0 Å². The Hall–Kier alpha value is -0.830. The lowest BCUT2D eigenvalue weighted by Crippen LogP contribution is -2.23. The van der Waals surface area contributed by atoms with E-state index < -0.39 is 0 Å². The van der Waals surface area contributed by atoms with Crippen LogP contribution in [0.1, 0.15) is 39.1 Å². The Morgan fingerprint density at radius 1 is 1.47 bits per heavy atom. The van der Waals surface area contributed by atoms with E-state index in [1.807, 2.05) is 18.8 Å². The molecule has 0 bridgehead atoms. The molecule has 3 nitrogen and oxygen atoms in total. The van der Waals surface area contributed by atoms with Crippen molar-refractivity contribution >= 4 is 0 Å². The van der Waals surface area contributed by atoms with Gasteiger partial charge in [0.1, 0.15) is 0 Å². The lowest BCUT2D eigenvalue weighted by atomic mass is 9.91. The summed E-state index contributed by atoms with van der Waals surface area (Å²) in [6.07, 6.45) is 0.987. The van der Waals surface area contributed by atoms with Crippen LogP contribution in [0.25, 0.3) is 0 Å². The van der Waals surface area contributed by atoms with Gasteiger partial charge in [-0.05, 0) is 20.0 Å². The smallest absolute Gasteiger partial charge is 0.0643 e. The van der Waals surface area contributed by atoms with Crippen LogP contribution in [0.15, 0.2) is 6.07 Å². The first-order valence-electron chi connectivity index (χ1n) is 5.55. The molecule has 0 aliphatic heterocycles. The summed E-state index contributed by atoms with van der Waals surface area (Å²) >= 11 is 0. The van der Waals surface area contributed by atoms with Crippen molar-refractivity contribution in [2.75, 3.05) is 7.05 Å². The molecule has 15 heavy (non-hydrogen) atoms. The van der Waals surface area contributed by atoms with E-state index in [9.17, 15) is 0 Å². The van der Waals surface area contributed by atoms with Gasteiger partial charge in [0.2, 0.25) is 0 Å². The second-order valence-corrected chi connectivity index (χ2v) is 5.29. The molecule has 1 rings (SSSR count). The molecule has 3 heteroatoms. The van der Waals surface area contributed by atoms with E-state index in [-0.39, 0.29) is 5.41 Å². The highest BCUT2D eigenvalue weighted by Crippen LogP contribution is 2.22. The monoisotopic (exact) mass is 209 g/mol. The molecule has 86 valence electrons. The average molecular weight is 209 g/mol. The minimum absolute atomic E-state index is 0.170. The van der Waals surface area contributed by atoms with Crippen molar-refractivity contribution in [1.82, 2.24) is 15.1 Å². The van der Waals surface area contributed by atoms with E-state index in [1.165, 1.54) is 11.4 Å². The average Bonchev–Trinajstić information content (AvgIpc) is 2.45. The summed E-state index contributed by atoms with van der Waals surface area (Å²) in [4.78, 5) is 0. The summed E-state index contributed by atoms with van der Waals surface area (Å²) in [7, 11) is 4.01. The lowest BCUT2D eigenvalue weighted by Gasteiger charge is -2.17. The molecule has 0 spiro atoms. The first-order valence-corrected chi connectivity index (χ1v) is 5.55. The van der Waals surface area contributed by atoms with Gasteiger partial charge in [-0.1, -0.05) is 20.8 Å².